The van der Waals surface area contributed by atoms with E-state index in [0.717, 1.165) is 22.7 Å². The van der Waals surface area contributed by atoms with Gasteiger partial charge in [-0.2, -0.15) is 0 Å². The molecule has 9 aromatic carbocycles. The van der Waals surface area contributed by atoms with E-state index < -0.39 is 0 Å². The van der Waals surface area contributed by atoms with Gasteiger partial charge in [0.05, 0.1) is 11.0 Å². The highest BCUT2D eigenvalue weighted by molar-refractivity contribution is 6.21. The number of nitrogens with zero attached hydrogens (tertiary/aromatic N) is 2. The first kappa shape index (κ1) is 30.9. The summed E-state index contributed by atoms with van der Waals surface area (Å²) in [5.74, 6) is 0. The van der Waals surface area contributed by atoms with Crippen LogP contribution in [0.15, 0.2) is 200 Å². The Morgan fingerprint density at radius 1 is 0.340 bits per heavy atom. The van der Waals surface area contributed by atoms with Gasteiger partial charge in [0.1, 0.15) is 0 Å². The third kappa shape index (κ3) is 5.19. The molecule has 0 spiro atoms. The van der Waals surface area contributed by atoms with Crippen LogP contribution < -0.4 is 4.90 Å². The maximum absolute atomic E-state index is 2.37. The fraction of sp³-hybridized carbons (Fsp3) is 0.0196. The molecule has 1 heterocycles. The number of rotatable bonds is 6. The number of benzene rings is 9. The van der Waals surface area contributed by atoms with Gasteiger partial charge >= 0.3 is 0 Å². The smallest absolute Gasteiger partial charge is 0.0541 e. The van der Waals surface area contributed by atoms with Crippen LogP contribution in [0, 0.1) is 6.92 Å². The molecular formula is C51H36N2. The van der Waals surface area contributed by atoms with Gasteiger partial charge in [0.25, 0.3) is 0 Å². The Morgan fingerprint density at radius 2 is 0.774 bits per heavy atom. The largest absolute Gasteiger partial charge is 0.311 e. The number of aromatic nitrogens is 1. The molecule has 0 unspecified atom stereocenters. The Hall–Kier alpha value is -6.90. The maximum atomic E-state index is 2.37. The second kappa shape index (κ2) is 12.7. The van der Waals surface area contributed by atoms with E-state index in [0.29, 0.717) is 0 Å². The summed E-state index contributed by atoms with van der Waals surface area (Å²) >= 11 is 0. The molecule has 0 aliphatic carbocycles. The van der Waals surface area contributed by atoms with Crippen molar-refractivity contribution in [2.24, 2.45) is 0 Å². The van der Waals surface area contributed by atoms with Crippen LogP contribution in [-0.2, 0) is 0 Å². The van der Waals surface area contributed by atoms with Crippen molar-refractivity contribution in [1.82, 2.24) is 4.57 Å². The number of para-hydroxylation sites is 3. The average molecular weight is 677 g/mol. The Kier molecular flexibility index (Phi) is 7.40. The minimum atomic E-state index is 1.10. The zero-order chi connectivity index (χ0) is 35.3. The molecule has 0 radical (unpaired) electrons. The third-order valence-electron chi connectivity index (χ3n) is 10.6. The van der Waals surface area contributed by atoms with E-state index in [9.17, 15) is 0 Å². The van der Waals surface area contributed by atoms with Crippen LogP contribution in [0.2, 0.25) is 0 Å². The molecule has 0 N–H and O–H groups in total. The lowest BCUT2D eigenvalue weighted by atomic mass is 9.85. The standard InChI is InChI=1S/C51H36N2/c1-35-24-33-46-47(34-35)51(45-21-9-8-20-44(45)50(46)36-14-4-2-5-15-36)37-25-27-39(28-26-37)52(38-16-6-3-7-17-38)40-29-31-41(32-30-40)53-48-22-12-10-18-42(48)43-19-11-13-23-49(43)53/h2-34H,1H3. The van der Waals surface area contributed by atoms with Crippen molar-refractivity contribution >= 4 is 60.4 Å². The summed E-state index contributed by atoms with van der Waals surface area (Å²) in [6, 6.07) is 72.7. The Morgan fingerprint density at radius 3 is 1.38 bits per heavy atom. The lowest BCUT2D eigenvalue weighted by molar-refractivity contribution is 1.17. The van der Waals surface area contributed by atoms with E-state index in [4.69, 9.17) is 0 Å². The molecule has 0 bridgehead atoms. The Bertz CT molecular complexity index is 2870. The average Bonchev–Trinajstić information content (AvgIpc) is 3.56. The molecule has 0 atom stereocenters. The molecule has 10 rings (SSSR count). The summed E-state index contributed by atoms with van der Waals surface area (Å²) in [5.41, 5.74) is 13.1. The zero-order valence-electron chi connectivity index (χ0n) is 29.4. The summed E-state index contributed by atoms with van der Waals surface area (Å²) < 4.78 is 2.37. The van der Waals surface area contributed by atoms with Crippen molar-refractivity contribution in [2.75, 3.05) is 4.90 Å². The first-order chi connectivity index (χ1) is 26.2. The first-order valence-electron chi connectivity index (χ1n) is 18.3. The van der Waals surface area contributed by atoms with Crippen LogP contribution in [0.25, 0.3) is 71.3 Å². The van der Waals surface area contributed by atoms with Crippen LogP contribution in [0.4, 0.5) is 17.1 Å². The normalized spacial score (nSPS) is 11.5. The predicted molar refractivity (Wildman–Crippen MR) is 226 cm³/mol. The van der Waals surface area contributed by atoms with Gasteiger partial charge in [-0.3, -0.25) is 0 Å². The van der Waals surface area contributed by atoms with Crippen LogP contribution in [-0.4, -0.2) is 4.57 Å². The minimum Gasteiger partial charge on any atom is -0.311 e. The quantitative estimate of drug-likeness (QED) is 0.159. The molecule has 250 valence electrons. The van der Waals surface area contributed by atoms with Gasteiger partial charge in [0.15, 0.2) is 0 Å². The predicted octanol–water partition coefficient (Wildman–Crippen LogP) is 14.2. The highest BCUT2D eigenvalue weighted by Gasteiger charge is 2.19. The summed E-state index contributed by atoms with van der Waals surface area (Å²) in [6.07, 6.45) is 0. The molecule has 0 saturated carbocycles. The second-order valence-electron chi connectivity index (χ2n) is 13.8. The SMILES string of the molecule is Cc1ccc2c(-c3ccccc3)c3ccccc3c(-c3ccc(N(c4ccccc4)c4ccc(-n5c6ccccc6c6ccccc65)cc4)cc3)c2c1. The van der Waals surface area contributed by atoms with Crippen molar-refractivity contribution in [3.8, 4) is 27.9 Å². The van der Waals surface area contributed by atoms with E-state index in [1.807, 2.05) is 0 Å². The van der Waals surface area contributed by atoms with E-state index in [1.165, 1.54) is 71.2 Å². The van der Waals surface area contributed by atoms with Crippen LogP contribution in [0.1, 0.15) is 5.56 Å². The van der Waals surface area contributed by atoms with Gasteiger partial charge in [-0.15, -0.1) is 0 Å². The number of hydrogen-bond acceptors (Lipinski definition) is 1. The molecule has 10 aromatic rings. The molecule has 2 nitrogen and oxygen atoms in total. The van der Waals surface area contributed by atoms with Crippen molar-refractivity contribution in [2.45, 2.75) is 6.92 Å². The first-order valence-corrected chi connectivity index (χ1v) is 18.3. The van der Waals surface area contributed by atoms with E-state index in [-0.39, 0.29) is 0 Å². The van der Waals surface area contributed by atoms with Crippen molar-refractivity contribution in [3.05, 3.63) is 206 Å². The van der Waals surface area contributed by atoms with Crippen LogP contribution in [0.3, 0.4) is 0 Å². The van der Waals surface area contributed by atoms with Gasteiger partial charge in [-0.25, -0.2) is 0 Å². The summed E-state index contributed by atoms with van der Waals surface area (Å²) in [6.45, 7) is 2.19. The third-order valence-corrected chi connectivity index (χ3v) is 10.6. The van der Waals surface area contributed by atoms with E-state index >= 15 is 0 Å². The number of hydrogen-bond donors (Lipinski definition) is 0. The van der Waals surface area contributed by atoms with Gasteiger partial charge < -0.3 is 9.47 Å². The number of anilines is 3. The molecule has 0 saturated heterocycles. The van der Waals surface area contributed by atoms with Gasteiger partial charge in [-0.05, 0) is 111 Å². The van der Waals surface area contributed by atoms with E-state index in [1.54, 1.807) is 0 Å². The minimum absolute atomic E-state index is 1.10. The highest BCUT2D eigenvalue weighted by atomic mass is 15.1. The van der Waals surface area contributed by atoms with Gasteiger partial charge in [0.2, 0.25) is 0 Å². The number of aryl methyl sites for hydroxylation is 1. The Labute approximate surface area is 309 Å². The fourth-order valence-electron chi connectivity index (χ4n) is 8.27. The van der Waals surface area contributed by atoms with Crippen molar-refractivity contribution in [1.29, 1.82) is 0 Å². The summed E-state index contributed by atoms with van der Waals surface area (Å²) in [5, 5.41) is 7.61. The molecule has 0 aliphatic heterocycles. The summed E-state index contributed by atoms with van der Waals surface area (Å²) in [4.78, 5) is 2.35. The maximum Gasteiger partial charge on any atom is 0.0541 e. The molecule has 0 aliphatic rings. The van der Waals surface area contributed by atoms with Crippen molar-refractivity contribution < 1.29 is 0 Å². The topological polar surface area (TPSA) is 8.17 Å². The van der Waals surface area contributed by atoms with Crippen LogP contribution in [0.5, 0.6) is 0 Å². The molecule has 1 aromatic heterocycles. The fourth-order valence-corrected chi connectivity index (χ4v) is 8.27. The highest BCUT2D eigenvalue weighted by Crippen LogP contribution is 2.45. The zero-order valence-corrected chi connectivity index (χ0v) is 29.4. The van der Waals surface area contributed by atoms with Gasteiger partial charge in [-0.1, -0.05) is 145 Å². The molecule has 0 amide bonds. The number of fused-ring (bicyclic) bond motifs is 5. The summed E-state index contributed by atoms with van der Waals surface area (Å²) in [7, 11) is 0. The Balaban J connectivity index is 1.10. The van der Waals surface area contributed by atoms with Crippen molar-refractivity contribution in [3.63, 3.8) is 0 Å². The lowest BCUT2D eigenvalue weighted by Gasteiger charge is -2.26. The van der Waals surface area contributed by atoms with Crippen LogP contribution >= 0.6 is 0 Å². The molecule has 2 heteroatoms. The monoisotopic (exact) mass is 676 g/mol. The van der Waals surface area contributed by atoms with E-state index in [2.05, 4.69) is 217 Å². The lowest BCUT2D eigenvalue weighted by Crippen LogP contribution is -2.10. The van der Waals surface area contributed by atoms with Gasteiger partial charge in [0, 0.05) is 33.5 Å². The molecule has 0 fully saturated rings. The second-order valence-corrected chi connectivity index (χ2v) is 13.8. The molecular weight excluding hydrogens is 641 g/mol. The molecule has 53 heavy (non-hydrogen) atoms.